The summed E-state index contributed by atoms with van der Waals surface area (Å²) in [6.07, 6.45) is 5.20. The second-order valence-corrected chi connectivity index (χ2v) is 6.20. The van der Waals surface area contributed by atoms with Gasteiger partial charge < -0.3 is 10.2 Å². The van der Waals surface area contributed by atoms with Crippen LogP contribution in [0.2, 0.25) is 0 Å². The van der Waals surface area contributed by atoms with Crippen molar-refractivity contribution in [1.82, 2.24) is 0 Å². The van der Waals surface area contributed by atoms with E-state index in [2.05, 4.69) is 38.2 Å². The van der Waals surface area contributed by atoms with E-state index in [1.807, 2.05) is 17.0 Å². The van der Waals surface area contributed by atoms with Crippen molar-refractivity contribution in [2.75, 3.05) is 16.8 Å². The maximum absolute atomic E-state index is 11.9. The average molecular weight is 288 g/mol. The van der Waals surface area contributed by atoms with Crippen LogP contribution in [-0.4, -0.2) is 18.5 Å². The van der Waals surface area contributed by atoms with Crippen molar-refractivity contribution >= 4 is 17.3 Å². The number of amides is 1. The third kappa shape index (κ3) is 4.23. The van der Waals surface area contributed by atoms with Crippen LogP contribution in [0.1, 0.15) is 52.9 Å². The summed E-state index contributed by atoms with van der Waals surface area (Å²) >= 11 is 0. The van der Waals surface area contributed by atoms with Crippen molar-refractivity contribution in [1.29, 1.82) is 0 Å². The monoisotopic (exact) mass is 288 g/mol. The molecule has 1 saturated heterocycles. The summed E-state index contributed by atoms with van der Waals surface area (Å²) in [6, 6.07) is 8.79. The molecule has 0 spiro atoms. The van der Waals surface area contributed by atoms with Crippen LogP contribution >= 0.6 is 0 Å². The van der Waals surface area contributed by atoms with E-state index in [1.165, 1.54) is 12.8 Å². The first-order chi connectivity index (χ1) is 10.1. The lowest BCUT2D eigenvalue weighted by molar-refractivity contribution is -0.117. The zero-order valence-corrected chi connectivity index (χ0v) is 13.6. The summed E-state index contributed by atoms with van der Waals surface area (Å²) < 4.78 is 0. The Morgan fingerprint density at radius 3 is 2.71 bits per heavy atom. The molecule has 1 aliphatic rings. The largest absolute Gasteiger partial charge is 0.382 e. The molecule has 0 bridgehead atoms. The molecule has 2 unspecified atom stereocenters. The Labute approximate surface area is 128 Å². The lowest BCUT2D eigenvalue weighted by atomic mass is 9.97. The van der Waals surface area contributed by atoms with Crippen molar-refractivity contribution in [2.45, 2.75) is 58.9 Å². The fourth-order valence-corrected chi connectivity index (χ4v) is 2.90. The van der Waals surface area contributed by atoms with E-state index >= 15 is 0 Å². The highest BCUT2D eigenvalue weighted by Gasteiger charge is 2.21. The zero-order valence-electron chi connectivity index (χ0n) is 13.6. The highest BCUT2D eigenvalue weighted by molar-refractivity contribution is 5.95. The van der Waals surface area contributed by atoms with Gasteiger partial charge in [0.2, 0.25) is 5.91 Å². The second kappa shape index (κ2) is 7.48. The van der Waals surface area contributed by atoms with Crippen LogP contribution in [0, 0.1) is 5.92 Å². The molecular weight excluding hydrogens is 260 g/mol. The molecule has 3 heteroatoms. The van der Waals surface area contributed by atoms with E-state index in [-0.39, 0.29) is 5.91 Å². The van der Waals surface area contributed by atoms with E-state index < -0.39 is 0 Å². The highest BCUT2D eigenvalue weighted by atomic mass is 16.2. The summed E-state index contributed by atoms with van der Waals surface area (Å²) in [5.74, 6) is 0.990. The van der Waals surface area contributed by atoms with Gasteiger partial charge in [0.25, 0.3) is 0 Å². The predicted octanol–water partition coefficient (Wildman–Crippen LogP) is 4.44. The molecule has 0 aliphatic carbocycles. The van der Waals surface area contributed by atoms with E-state index in [0.29, 0.717) is 12.5 Å². The van der Waals surface area contributed by atoms with E-state index in [4.69, 9.17) is 0 Å². The molecule has 116 valence electrons. The van der Waals surface area contributed by atoms with Crippen LogP contribution in [-0.2, 0) is 4.79 Å². The maximum Gasteiger partial charge on any atom is 0.227 e. The third-order valence-electron chi connectivity index (χ3n) is 4.48. The van der Waals surface area contributed by atoms with Gasteiger partial charge in [-0.05, 0) is 43.4 Å². The number of nitrogens with one attached hydrogen (secondary N) is 1. The number of hydrogen-bond acceptors (Lipinski definition) is 2. The minimum atomic E-state index is 0.249. The zero-order chi connectivity index (χ0) is 15.2. The molecule has 1 heterocycles. The standard InChI is InChI=1S/C18H28N2O/c1-4-14(3)12-15(5-2)19-16-8-6-9-17(13-16)20-11-7-10-18(20)21/h6,8-9,13-15,19H,4-5,7,10-12H2,1-3H3. The van der Waals surface area contributed by atoms with Gasteiger partial charge in [-0.1, -0.05) is 33.3 Å². The fourth-order valence-electron chi connectivity index (χ4n) is 2.90. The van der Waals surface area contributed by atoms with Crippen molar-refractivity contribution < 1.29 is 4.79 Å². The molecule has 0 radical (unpaired) electrons. The lowest BCUT2D eigenvalue weighted by Crippen LogP contribution is -2.24. The number of benzene rings is 1. The Kier molecular flexibility index (Phi) is 5.66. The lowest BCUT2D eigenvalue weighted by Gasteiger charge is -2.23. The minimum Gasteiger partial charge on any atom is -0.382 e. The van der Waals surface area contributed by atoms with Crippen LogP contribution in [0.15, 0.2) is 24.3 Å². The van der Waals surface area contributed by atoms with Gasteiger partial charge in [0.1, 0.15) is 0 Å². The third-order valence-corrected chi connectivity index (χ3v) is 4.48. The first-order valence-corrected chi connectivity index (χ1v) is 8.31. The summed E-state index contributed by atoms with van der Waals surface area (Å²) in [5, 5.41) is 3.63. The molecule has 1 N–H and O–H groups in total. The van der Waals surface area contributed by atoms with Gasteiger partial charge >= 0.3 is 0 Å². The van der Waals surface area contributed by atoms with Gasteiger partial charge in [0, 0.05) is 30.4 Å². The summed E-state index contributed by atoms with van der Waals surface area (Å²) in [4.78, 5) is 13.8. The van der Waals surface area contributed by atoms with Gasteiger partial charge in [-0.25, -0.2) is 0 Å². The Balaban J connectivity index is 2.04. The fraction of sp³-hybridized carbons (Fsp3) is 0.611. The molecule has 1 amide bonds. The molecule has 21 heavy (non-hydrogen) atoms. The molecule has 1 aromatic carbocycles. The van der Waals surface area contributed by atoms with Crippen molar-refractivity contribution in [3.63, 3.8) is 0 Å². The summed E-state index contributed by atoms with van der Waals surface area (Å²) in [7, 11) is 0. The van der Waals surface area contributed by atoms with E-state index in [9.17, 15) is 4.79 Å². The van der Waals surface area contributed by atoms with Gasteiger partial charge in [-0.2, -0.15) is 0 Å². The molecule has 1 aliphatic heterocycles. The van der Waals surface area contributed by atoms with Crippen LogP contribution < -0.4 is 10.2 Å². The predicted molar refractivity (Wildman–Crippen MR) is 89.8 cm³/mol. The van der Waals surface area contributed by atoms with Crippen LogP contribution in [0.25, 0.3) is 0 Å². The molecule has 2 rings (SSSR count). The SMILES string of the molecule is CCC(C)CC(CC)Nc1cccc(N2CCCC2=O)c1. The first-order valence-electron chi connectivity index (χ1n) is 8.31. The number of hydrogen-bond donors (Lipinski definition) is 1. The first kappa shape index (κ1) is 15.9. The van der Waals surface area contributed by atoms with Gasteiger partial charge in [0.15, 0.2) is 0 Å². The van der Waals surface area contributed by atoms with Crippen molar-refractivity contribution in [3.8, 4) is 0 Å². The number of anilines is 2. The Morgan fingerprint density at radius 1 is 1.29 bits per heavy atom. The molecule has 0 saturated carbocycles. The van der Waals surface area contributed by atoms with Gasteiger partial charge in [-0.3, -0.25) is 4.79 Å². The van der Waals surface area contributed by atoms with Gasteiger partial charge in [0.05, 0.1) is 0 Å². The quantitative estimate of drug-likeness (QED) is 0.804. The number of nitrogens with zero attached hydrogens (tertiary/aromatic N) is 1. The molecule has 0 aromatic heterocycles. The van der Waals surface area contributed by atoms with Crippen LogP contribution in [0.4, 0.5) is 11.4 Å². The van der Waals surface area contributed by atoms with Crippen molar-refractivity contribution in [3.05, 3.63) is 24.3 Å². The normalized spacial score (nSPS) is 17.9. The second-order valence-electron chi connectivity index (χ2n) is 6.20. The molecule has 2 atom stereocenters. The van der Waals surface area contributed by atoms with Crippen molar-refractivity contribution in [2.24, 2.45) is 5.92 Å². The Hall–Kier alpha value is -1.51. The molecular formula is C18H28N2O. The van der Waals surface area contributed by atoms with Crippen LogP contribution in [0.3, 0.4) is 0 Å². The minimum absolute atomic E-state index is 0.249. The van der Waals surface area contributed by atoms with Gasteiger partial charge in [-0.15, -0.1) is 0 Å². The number of carbonyl (C=O) groups is 1. The van der Waals surface area contributed by atoms with E-state index in [1.54, 1.807) is 0 Å². The summed E-state index contributed by atoms with van der Waals surface area (Å²) in [6.45, 7) is 7.64. The molecule has 3 nitrogen and oxygen atoms in total. The molecule has 1 fully saturated rings. The van der Waals surface area contributed by atoms with E-state index in [0.717, 1.165) is 36.7 Å². The smallest absolute Gasteiger partial charge is 0.227 e. The Morgan fingerprint density at radius 2 is 2.10 bits per heavy atom. The van der Waals surface area contributed by atoms with Crippen LogP contribution in [0.5, 0.6) is 0 Å². The maximum atomic E-state index is 11.9. The number of rotatable bonds is 7. The number of carbonyl (C=O) groups excluding carboxylic acids is 1. The Bertz CT molecular complexity index is 472. The topological polar surface area (TPSA) is 32.3 Å². The average Bonchev–Trinajstić information content (AvgIpc) is 2.92. The molecule has 1 aromatic rings. The highest BCUT2D eigenvalue weighted by Crippen LogP contribution is 2.25. The summed E-state index contributed by atoms with van der Waals surface area (Å²) in [5.41, 5.74) is 2.16.